The summed E-state index contributed by atoms with van der Waals surface area (Å²) in [6, 6.07) is 15.4. The summed E-state index contributed by atoms with van der Waals surface area (Å²) >= 11 is 0. The third kappa shape index (κ3) is 6.62. The van der Waals surface area contributed by atoms with Gasteiger partial charge in [0.15, 0.2) is 0 Å². The number of ether oxygens (including phenoxy) is 2. The molecule has 0 bridgehead atoms. The Hall–Kier alpha value is -3.08. The van der Waals surface area contributed by atoms with Crippen LogP contribution in [0.5, 0.6) is 5.75 Å². The number of carbonyl (C=O) groups is 2. The van der Waals surface area contributed by atoms with Gasteiger partial charge in [0, 0.05) is 19.2 Å². The smallest absolute Gasteiger partial charge is 0.307 e. The van der Waals surface area contributed by atoms with E-state index in [1.807, 2.05) is 55.5 Å². The molecule has 142 valence electrons. The van der Waals surface area contributed by atoms with E-state index in [0.29, 0.717) is 6.54 Å². The summed E-state index contributed by atoms with van der Waals surface area (Å²) in [5, 5.41) is 0. The van der Waals surface area contributed by atoms with Gasteiger partial charge >= 0.3 is 5.97 Å². The monoisotopic (exact) mass is 367 g/mol. The standard InChI is InChI=1S/C22H25NO4/c1-17-4-6-18(7-5-17)10-13-21(24)23(15-14-22(25)27-3)16-19-8-11-20(26-2)12-9-19/h4-13H,14-16H2,1-3H3/b13-10+. The fourth-order valence-electron chi connectivity index (χ4n) is 2.50. The Morgan fingerprint density at radius 3 is 2.26 bits per heavy atom. The number of amides is 1. The van der Waals surface area contributed by atoms with Crippen LogP contribution in [0.2, 0.25) is 0 Å². The maximum atomic E-state index is 12.7. The predicted molar refractivity (Wildman–Crippen MR) is 105 cm³/mol. The molecule has 1 amide bonds. The molecule has 0 aliphatic carbocycles. The number of nitrogens with zero attached hydrogens (tertiary/aromatic N) is 1. The Kier molecular flexibility index (Phi) is 7.62. The van der Waals surface area contributed by atoms with Crippen molar-refractivity contribution < 1.29 is 19.1 Å². The molecule has 2 aromatic carbocycles. The fraction of sp³-hybridized carbons (Fsp3) is 0.273. The molecule has 0 saturated carbocycles. The lowest BCUT2D eigenvalue weighted by molar-refractivity contribution is -0.141. The van der Waals surface area contributed by atoms with Gasteiger partial charge in [-0.2, -0.15) is 0 Å². The molecule has 2 aromatic rings. The summed E-state index contributed by atoms with van der Waals surface area (Å²) in [4.78, 5) is 25.8. The predicted octanol–water partition coefficient (Wildman–Crippen LogP) is 3.61. The van der Waals surface area contributed by atoms with Crippen molar-refractivity contribution in [3.05, 3.63) is 71.3 Å². The van der Waals surface area contributed by atoms with E-state index in [1.165, 1.54) is 13.2 Å². The first-order chi connectivity index (χ1) is 13.0. The van der Waals surface area contributed by atoms with Crippen LogP contribution in [0.15, 0.2) is 54.6 Å². The van der Waals surface area contributed by atoms with Crippen molar-refractivity contribution in [1.29, 1.82) is 0 Å². The molecule has 0 aliphatic heterocycles. The highest BCUT2D eigenvalue weighted by atomic mass is 16.5. The zero-order chi connectivity index (χ0) is 19.6. The lowest BCUT2D eigenvalue weighted by atomic mass is 10.1. The molecular formula is C22H25NO4. The average molecular weight is 367 g/mol. The van der Waals surface area contributed by atoms with Gasteiger partial charge in [0.1, 0.15) is 5.75 Å². The largest absolute Gasteiger partial charge is 0.497 e. The van der Waals surface area contributed by atoms with Gasteiger partial charge in [-0.1, -0.05) is 42.0 Å². The summed E-state index contributed by atoms with van der Waals surface area (Å²) in [7, 11) is 2.95. The molecule has 2 rings (SSSR count). The quantitative estimate of drug-likeness (QED) is 0.528. The molecule has 0 spiro atoms. The summed E-state index contributed by atoms with van der Waals surface area (Å²) in [6.07, 6.45) is 3.46. The van der Waals surface area contributed by atoms with E-state index in [2.05, 4.69) is 4.74 Å². The van der Waals surface area contributed by atoms with Crippen molar-refractivity contribution >= 4 is 18.0 Å². The third-order valence-electron chi connectivity index (χ3n) is 4.15. The number of hydrogen-bond acceptors (Lipinski definition) is 4. The van der Waals surface area contributed by atoms with Crippen LogP contribution in [-0.4, -0.2) is 37.5 Å². The van der Waals surface area contributed by atoms with E-state index in [9.17, 15) is 9.59 Å². The maximum Gasteiger partial charge on any atom is 0.307 e. The second-order valence-corrected chi connectivity index (χ2v) is 6.18. The SMILES string of the molecule is COC(=O)CCN(Cc1ccc(OC)cc1)C(=O)/C=C/c1ccc(C)cc1. The molecule has 5 nitrogen and oxygen atoms in total. The minimum Gasteiger partial charge on any atom is -0.497 e. The average Bonchev–Trinajstić information content (AvgIpc) is 2.70. The van der Waals surface area contributed by atoms with Crippen LogP contribution in [0.4, 0.5) is 0 Å². The van der Waals surface area contributed by atoms with Gasteiger partial charge in [-0.15, -0.1) is 0 Å². The minimum atomic E-state index is -0.343. The maximum absolute atomic E-state index is 12.7. The Bertz CT molecular complexity index is 779. The second kappa shape index (κ2) is 10.2. The van der Waals surface area contributed by atoms with Crippen molar-refractivity contribution in [3.8, 4) is 5.75 Å². The van der Waals surface area contributed by atoms with Crippen molar-refractivity contribution in [2.75, 3.05) is 20.8 Å². The Morgan fingerprint density at radius 2 is 1.67 bits per heavy atom. The molecule has 0 atom stereocenters. The minimum absolute atomic E-state index is 0.150. The molecule has 0 aliphatic rings. The first kappa shape index (κ1) is 20.2. The van der Waals surface area contributed by atoms with Gasteiger partial charge in [-0.25, -0.2) is 0 Å². The summed E-state index contributed by atoms with van der Waals surface area (Å²) in [5.41, 5.74) is 3.07. The van der Waals surface area contributed by atoms with Gasteiger partial charge in [0.25, 0.3) is 0 Å². The molecule has 0 unspecified atom stereocenters. The molecule has 0 aromatic heterocycles. The number of rotatable bonds is 8. The van der Waals surface area contributed by atoms with Crippen molar-refractivity contribution in [2.24, 2.45) is 0 Å². The highest BCUT2D eigenvalue weighted by molar-refractivity contribution is 5.92. The zero-order valence-corrected chi connectivity index (χ0v) is 16.0. The molecule has 27 heavy (non-hydrogen) atoms. The Balaban J connectivity index is 2.10. The van der Waals surface area contributed by atoms with Crippen LogP contribution in [0.3, 0.4) is 0 Å². The highest BCUT2D eigenvalue weighted by Crippen LogP contribution is 2.14. The van der Waals surface area contributed by atoms with Gasteiger partial charge < -0.3 is 14.4 Å². The first-order valence-electron chi connectivity index (χ1n) is 8.75. The molecular weight excluding hydrogens is 342 g/mol. The molecule has 0 radical (unpaired) electrons. The molecule has 0 heterocycles. The van der Waals surface area contributed by atoms with E-state index < -0.39 is 0 Å². The van der Waals surface area contributed by atoms with Crippen LogP contribution >= 0.6 is 0 Å². The topological polar surface area (TPSA) is 55.8 Å². The number of methoxy groups -OCH3 is 2. The number of esters is 1. The van der Waals surface area contributed by atoms with Gasteiger partial charge in [-0.3, -0.25) is 9.59 Å². The van der Waals surface area contributed by atoms with Gasteiger partial charge in [-0.05, 0) is 36.3 Å². The normalized spacial score (nSPS) is 10.6. The molecule has 0 fully saturated rings. The van der Waals surface area contributed by atoms with Crippen LogP contribution in [0, 0.1) is 6.92 Å². The van der Waals surface area contributed by atoms with Crippen LogP contribution < -0.4 is 4.74 Å². The van der Waals surface area contributed by atoms with Crippen LogP contribution in [-0.2, 0) is 20.9 Å². The van der Waals surface area contributed by atoms with E-state index in [-0.39, 0.29) is 24.8 Å². The lowest BCUT2D eigenvalue weighted by Gasteiger charge is -2.21. The molecule has 0 N–H and O–H groups in total. The summed E-state index contributed by atoms with van der Waals surface area (Å²) < 4.78 is 9.85. The van der Waals surface area contributed by atoms with Crippen LogP contribution in [0.25, 0.3) is 6.08 Å². The van der Waals surface area contributed by atoms with Crippen molar-refractivity contribution in [2.45, 2.75) is 19.9 Å². The van der Waals surface area contributed by atoms with E-state index in [1.54, 1.807) is 18.1 Å². The number of hydrogen-bond donors (Lipinski definition) is 0. The first-order valence-corrected chi connectivity index (χ1v) is 8.75. The zero-order valence-electron chi connectivity index (χ0n) is 16.0. The third-order valence-corrected chi connectivity index (χ3v) is 4.15. The Labute approximate surface area is 160 Å². The molecule has 0 saturated heterocycles. The second-order valence-electron chi connectivity index (χ2n) is 6.18. The van der Waals surface area contributed by atoms with E-state index >= 15 is 0 Å². The van der Waals surface area contributed by atoms with E-state index in [0.717, 1.165) is 22.4 Å². The number of benzene rings is 2. The van der Waals surface area contributed by atoms with Crippen molar-refractivity contribution in [1.82, 2.24) is 4.90 Å². The highest BCUT2D eigenvalue weighted by Gasteiger charge is 2.14. The number of carbonyl (C=O) groups excluding carboxylic acids is 2. The van der Waals surface area contributed by atoms with Gasteiger partial charge in [0.2, 0.25) is 5.91 Å². The van der Waals surface area contributed by atoms with Crippen LogP contribution in [0.1, 0.15) is 23.1 Å². The van der Waals surface area contributed by atoms with Crippen molar-refractivity contribution in [3.63, 3.8) is 0 Å². The summed E-state index contributed by atoms with van der Waals surface area (Å²) in [6.45, 7) is 2.70. The van der Waals surface area contributed by atoms with Gasteiger partial charge in [0.05, 0.1) is 20.6 Å². The van der Waals surface area contributed by atoms with E-state index in [4.69, 9.17) is 4.74 Å². The molecule has 5 heteroatoms. The summed E-state index contributed by atoms with van der Waals surface area (Å²) in [5.74, 6) is 0.255. The Morgan fingerprint density at radius 1 is 1.00 bits per heavy atom. The lowest BCUT2D eigenvalue weighted by Crippen LogP contribution is -2.31. The fourth-order valence-corrected chi connectivity index (χ4v) is 2.50. The number of aryl methyl sites for hydroxylation is 1.